The normalized spacial score (nSPS) is 29.8. The van der Waals surface area contributed by atoms with Crippen LogP contribution in [0.4, 0.5) is 0 Å². The van der Waals surface area contributed by atoms with Gasteiger partial charge in [-0.15, -0.1) is 6.58 Å². The van der Waals surface area contributed by atoms with Crippen LogP contribution < -0.4 is 10.1 Å². The third-order valence-corrected chi connectivity index (χ3v) is 3.83. The second-order valence-electron chi connectivity index (χ2n) is 5.65. The zero-order valence-corrected chi connectivity index (χ0v) is 13.5. The molecule has 1 aromatic carbocycles. The van der Waals surface area contributed by atoms with E-state index in [0.29, 0.717) is 12.2 Å². The van der Waals surface area contributed by atoms with E-state index in [9.17, 15) is 20.1 Å². The van der Waals surface area contributed by atoms with Crippen LogP contribution in [0.25, 0.3) is 0 Å². The number of allylic oxidation sites excluding steroid dienone is 1. The molecule has 132 valence electrons. The highest BCUT2D eigenvalue weighted by molar-refractivity contribution is 5.73. The Kier molecular flexibility index (Phi) is 6.33. The quantitative estimate of drug-likeness (QED) is 0.533. The summed E-state index contributed by atoms with van der Waals surface area (Å²) in [5.74, 6) is 0.114. The van der Waals surface area contributed by atoms with Gasteiger partial charge >= 0.3 is 0 Å². The predicted molar refractivity (Wildman–Crippen MR) is 86.3 cm³/mol. The number of hydrogen-bond donors (Lipinski definition) is 4. The van der Waals surface area contributed by atoms with Gasteiger partial charge in [-0.2, -0.15) is 0 Å². The molecular weight excluding hydrogens is 314 g/mol. The van der Waals surface area contributed by atoms with Crippen molar-refractivity contribution in [2.75, 3.05) is 6.61 Å². The molecule has 1 aliphatic heterocycles. The second kappa shape index (κ2) is 8.25. The lowest BCUT2D eigenvalue weighted by Crippen LogP contribution is -2.65. The molecule has 1 aromatic rings. The minimum absolute atomic E-state index is 0.398. The molecule has 0 radical (unpaired) electrons. The number of carbonyl (C=O) groups excluding carboxylic acids is 1. The summed E-state index contributed by atoms with van der Waals surface area (Å²) in [5, 5.41) is 32.1. The van der Waals surface area contributed by atoms with Gasteiger partial charge in [-0.25, -0.2) is 0 Å². The van der Waals surface area contributed by atoms with Crippen LogP contribution in [0.5, 0.6) is 5.75 Å². The van der Waals surface area contributed by atoms with E-state index in [1.165, 1.54) is 6.92 Å². The first-order valence-corrected chi connectivity index (χ1v) is 7.73. The van der Waals surface area contributed by atoms with E-state index in [1.54, 1.807) is 18.2 Å². The first-order valence-electron chi connectivity index (χ1n) is 7.73. The fourth-order valence-corrected chi connectivity index (χ4v) is 2.64. The number of ether oxygens (including phenoxy) is 2. The van der Waals surface area contributed by atoms with Gasteiger partial charge in [-0.1, -0.05) is 24.3 Å². The van der Waals surface area contributed by atoms with E-state index >= 15 is 0 Å². The summed E-state index contributed by atoms with van der Waals surface area (Å²) >= 11 is 0. The standard InChI is InChI=1S/C17H23NO6/c1-3-6-11-7-4-5-8-12(11)23-17-14(18-10(2)20)16(22)15(21)13(9-19)24-17/h3-5,7-8,13-17,19,21-22H,1,6,9H2,2H3,(H,18,20)/t13-,14-,15+,16+,17-/m1/s1. The summed E-state index contributed by atoms with van der Waals surface area (Å²) in [6.07, 6.45) is -2.45. The molecule has 4 N–H and O–H groups in total. The Hall–Kier alpha value is -1.93. The Labute approximate surface area is 140 Å². The molecule has 2 rings (SSSR count). The van der Waals surface area contributed by atoms with Gasteiger partial charge in [0.05, 0.1) is 6.61 Å². The highest BCUT2D eigenvalue weighted by Crippen LogP contribution is 2.27. The number of para-hydroxylation sites is 1. The Morgan fingerprint density at radius 1 is 1.38 bits per heavy atom. The Bertz CT molecular complexity index is 578. The molecule has 7 nitrogen and oxygen atoms in total. The molecule has 1 amide bonds. The van der Waals surface area contributed by atoms with Crippen LogP contribution in [0.2, 0.25) is 0 Å². The molecule has 0 aromatic heterocycles. The van der Waals surface area contributed by atoms with Crippen LogP contribution >= 0.6 is 0 Å². The third-order valence-electron chi connectivity index (χ3n) is 3.83. The van der Waals surface area contributed by atoms with Crippen LogP contribution in [-0.4, -0.2) is 58.5 Å². The molecule has 1 fully saturated rings. The van der Waals surface area contributed by atoms with E-state index in [2.05, 4.69) is 11.9 Å². The summed E-state index contributed by atoms with van der Waals surface area (Å²) < 4.78 is 11.4. The number of aliphatic hydroxyl groups is 3. The molecule has 0 aliphatic carbocycles. The van der Waals surface area contributed by atoms with Crippen molar-refractivity contribution in [2.45, 2.75) is 44.0 Å². The molecule has 7 heteroatoms. The van der Waals surface area contributed by atoms with E-state index in [4.69, 9.17) is 9.47 Å². The lowest BCUT2D eigenvalue weighted by Gasteiger charge is -2.42. The summed E-state index contributed by atoms with van der Waals surface area (Å²) in [4.78, 5) is 11.4. The highest BCUT2D eigenvalue weighted by atomic mass is 16.7. The van der Waals surface area contributed by atoms with Crippen molar-refractivity contribution in [3.05, 3.63) is 42.5 Å². The lowest BCUT2D eigenvalue weighted by atomic mass is 9.97. The van der Waals surface area contributed by atoms with E-state index in [0.717, 1.165) is 5.56 Å². The molecular formula is C17H23NO6. The zero-order chi connectivity index (χ0) is 17.7. The van der Waals surface area contributed by atoms with Crippen molar-refractivity contribution >= 4 is 5.91 Å². The number of rotatable bonds is 6. The van der Waals surface area contributed by atoms with Crippen LogP contribution in [0, 0.1) is 0 Å². The molecule has 1 heterocycles. The maximum absolute atomic E-state index is 11.4. The predicted octanol–water partition coefficient (Wildman–Crippen LogP) is -0.262. The number of aliphatic hydroxyl groups excluding tert-OH is 3. The average molecular weight is 337 g/mol. The van der Waals surface area contributed by atoms with Gasteiger partial charge < -0.3 is 30.1 Å². The summed E-state index contributed by atoms with van der Waals surface area (Å²) in [7, 11) is 0. The Balaban J connectivity index is 2.26. The zero-order valence-electron chi connectivity index (χ0n) is 13.5. The van der Waals surface area contributed by atoms with E-state index in [-0.39, 0.29) is 0 Å². The van der Waals surface area contributed by atoms with Crippen LogP contribution in [-0.2, 0) is 16.0 Å². The highest BCUT2D eigenvalue weighted by Gasteiger charge is 2.46. The monoisotopic (exact) mass is 337 g/mol. The first-order chi connectivity index (χ1) is 11.5. The molecule has 0 bridgehead atoms. The maximum Gasteiger partial charge on any atom is 0.223 e. The van der Waals surface area contributed by atoms with Crippen LogP contribution in [0.15, 0.2) is 36.9 Å². The van der Waals surface area contributed by atoms with Gasteiger partial charge in [-0.05, 0) is 18.1 Å². The Morgan fingerprint density at radius 2 is 2.08 bits per heavy atom. The largest absolute Gasteiger partial charge is 0.462 e. The van der Waals surface area contributed by atoms with Crippen LogP contribution in [0.1, 0.15) is 12.5 Å². The van der Waals surface area contributed by atoms with Gasteiger partial charge in [-0.3, -0.25) is 4.79 Å². The number of carbonyl (C=O) groups is 1. The Morgan fingerprint density at radius 3 is 2.71 bits per heavy atom. The summed E-state index contributed by atoms with van der Waals surface area (Å²) in [5.41, 5.74) is 0.860. The van der Waals surface area contributed by atoms with Crippen molar-refractivity contribution < 1.29 is 29.6 Å². The van der Waals surface area contributed by atoms with Crippen molar-refractivity contribution in [2.24, 2.45) is 0 Å². The number of benzene rings is 1. The number of amides is 1. The molecule has 0 spiro atoms. The fraction of sp³-hybridized carbons (Fsp3) is 0.471. The first kappa shape index (κ1) is 18.4. The minimum atomic E-state index is -1.34. The minimum Gasteiger partial charge on any atom is -0.462 e. The van der Waals surface area contributed by atoms with Crippen molar-refractivity contribution in [3.63, 3.8) is 0 Å². The summed E-state index contributed by atoms with van der Waals surface area (Å²) in [6, 6.07) is 6.26. The molecule has 1 aliphatic rings. The lowest BCUT2D eigenvalue weighted by molar-refractivity contribution is -0.244. The number of hydrogen-bond acceptors (Lipinski definition) is 6. The fourth-order valence-electron chi connectivity index (χ4n) is 2.64. The van der Waals surface area contributed by atoms with Gasteiger partial charge in [0.1, 0.15) is 30.1 Å². The number of nitrogens with one attached hydrogen (secondary N) is 1. The molecule has 5 atom stereocenters. The SMILES string of the molecule is C=CCc1ccccc1O[C@@H]1O[C@H](CO)[C@H](O)[C@@H](O)[C@H]1NC(C)=O. The third kappa shape index (κ3) is 4.12. The van der Waals surface area contributed by atoms with Gasteiger partial charge in [0.15, 0.2) is 0 Å². The summed E-state index contributed by atoms with van der Waals surface area (Å²) in [6.45, 7) is 4.50. The van der Waals surface area contributed by atoms with Gasteiger partial charge in [0.2, 0.25) is 12.2 Å². The smallest absolute Gasteiger partial charge is 0.223 e. The second-order valence-corrected chi connectivity index (χ2v) is 5.65. The van der Waals surface area contributed by atoms with Crippen molar-refractivity contribution in [3.8, 4) is 5.75 Å². The molecule has 24 heavy (non-hydrogen) atoms. The van der Waals surface area contributed by atoms with Gasteiger partial charge in [0.25, 0.3) is 0 Å². The molecule has 0 saturated carbocycles. The average Bonchev–Trinajstić information content (AvgIpc) is 2.56. The van der Waals surface area contributed by atoms with Gasteiger partial charge in [0, 0.05) is 6.92 Å². The molecule has 0 unspecified atom stereocenters. The van der Waals surface area contributed by atoms with E-state index in [1.807, 2.05) is 12.1 Å². The van der Waals surface area contributed by atoms with Crippen molar-refractivity contribution in [1.82, 2.24) is 5.32 Å². The van der Waals surface area contributed by atoms with E-state index < -0.39 is 43.2 Å². The van der Waals surface area contributed by atoms with Crippen LogP contribution in [0.3, 0.4) is 0 Å². The van der Waals surface area contributed by atoms with Crippen molar-refractivity contribution in [1.29, 1.82) is 0 Å². The molecule has 1 saturated heterocycles. The maximum atomic E-state index is 11.4. The topological polar surface area (TPSA) is 108 Å².